The number of hydrogen-bond donors (Lipinski definition) is 1. The van der Waals surface area contributed by atoms with Crippen LogP contribution in [0.15, 0.2) is 0 Å². The lowest BCUT2D eigenvalue weighted by Gasteiger charge is -2.31. The zero-order chi connectivity index (χ0) is 12.8. The van der Waals surface area contributed by atoms with Gasteiger partial charge in [-0.05, 0) is 37.6 Å². The Hall–Kier alpha value is -0.550. The van der Waals surface area contributed by atoms with Gasteiger partial charge >= 0.3 is 0 Å². The summed E-state index contributed by atoms with van der Waals surface area (Å²) in [7, 11) is 0. The van der Waals surface area contributed by atoms with E-state index in [4.69, 9.17) is 0 Å². The van der Waals surface area contributed by atoms with E-state index >= 15 is 0 Å². The van der Waals surface area contributed by atoms with Crippen LogP contribution in [0.3, 0.4) is 0 Å². The maximum absolute atomic E-state index is 9.29. The van der Waals surface area contributed by atoms with E-state index in [0.717, 1.165) is 24.8 Å². The van der Waals surface area contributed by atoms with E-state index in [1.165, 1.54) is 51.4 Å². The van der Waals surface area contributed by atoms with Crippen LogP contribution in [0, 0.1) is 29.1 Å². The van der Waals surface area contributed by atoms with Crippen LogP contribution in [-0.2, 0) is 0 Å². The lowest BCUT2D eigenvalue weighted by atomic mass is 9.80. The van der Waals surface area contributed by atoms with Gasteiger partial charge in [-0.25, -0.2) is 0 Å². The van der Waals surface area contributed by atoms with Crippen molar-refractivity contribution in [1.82, 2.24) is 5.32 Å². The zero-order valence-corrected chi connectivity index (χ0v) is 11.8. The Labute approximate surface area is 112 Å². The molecule has 102 valence electrons. The van der Waals surface area contributed by atoms with Crippen molar-refractivity contribution in [3.05, 3.63) is 0 Å². The molecule has 2 aliphatic carbocycles. The van der Waals surface area contributed by atoms with Gasteiger partial charge in [-0.2, -0.15) is 5.26 Å². The van der Waals surface area contributed by atoms with Crippen molar-refractivity contribution in [1.29, 1.82) is 5.26 Å². The minimum Gasteiger partial charge on any atom is -0.312 e. The quantitative estimate of drug-likeness (QED) is 0.769. The van der Waals surface area contributed by atoms with E-state index in [1.54, 1.807) is 0 Å². The molecule has 2 aliphatic rings. The molecule has 4 atom stereocenters. The summed E-state index contributed by atoms with van der Waals surface area (Å²) < 4.78 is 0. The third-order valence-electron chi connectivity index (χ3n) is 5.11. The van der Waals surface area contributed by atoms with Gasteiger partial charge in [0.1, 0.15) is 0 Å². The van der Waals surface area contributed by atoms with Gasteiger partial charge in [0, 0.05) is 6.04 Å². The molecule has 2 fully saturated rings. The molecule has 0 aliphatic heterocycles. The Balaban J connectivity index is 1.81. The van der Waals surface area contributed by atoms with Gasteiger partial charge < -0.3 is 5.32 Å². The predicted molar refractivity (Wildman–Crippen MR) is 75.1 cm³/mol. The van der Waals surface area contributed by atoms with Gasteiger partial charge in [0.05, 0.1) is 12.0 Å². The maximum atomic E-state index is 9.29. The van der Waals surface area contributed by atoms with Crippen LogP contribution in [-0.4, -0.2) is 12.6 Å². The highest BCUT2D eigenvalue weighted by atomic mass is 14.9. The minimum atomic E-state index is 0.256. The largest absolute Gasteiger partial charge is 0.312 e. The first kappa shape index (κ1) is 13.9. The van der Waals surface area contributed by atoms with Gasteiger partial charge in [-0.1, -0.05) is 45.4 Å². The van der Waals surface area contributed by atoms with Crippen LogP contribution in [0.5, 0.6) is 0 Å². The maximum Gasteiger partial charge on any atom is 0.0672 e. The standard InChI is InChI=1S/C16H28N2/c1-13-7-5-6-9-15(13)12-18-16-10-4-2-3-8-14(16)11-17/h13-16,18H,2-10,12H2,1H3. The summed E-state index contributed by atoms with van der Waals surface area (Å²) in [6.45, 7) is 3.55. The first-order valence-electron chi connectivity index (χ1n) is 7.94. The fourth-order valence-electron chi connectivity index (χ4n) is 3.71. The molecule has 2 rings (SSSR count). The normalized spacial score (nSPS) is 37.8. The molecule has 2 heteroatoms. The van der Waals surface area contributed by atoms with Crippen molar-refractivity contribution in [2.75, 3.05) is 6.54 Å². The zero-order valence-electron chi connectivity index (χ0n) is 11.8. The fraction of sp³-hybridized carbons (Fsp3) is 0.938. The summed E-state index contributed by atoms with van der Waals surface area (Å²) in [4.78, 5) is 0. The highest BCUT2D eigenvalue weighted by Crippen LogP contribution is 2.30. The number of nitriles is 1. The van der Waals surface area contributed by atoms with Crippen molar-refractivity contribution in [2.24, 2.45) is 17.8 Å². The second-order valence-electron chi connectivity index (χ2n) is 6.41. The summed E-state index contributed by atoms with van der Waals surface area (Å²) in [6.07, 6.45) is 11.8. The second kappa shape index (κ2) is 7.14. The SMILES string of the molecule is CC1CCCCC1CNC1CCCCCC1C#N. The fourth-order valence-corrected chi connectivity index (χ4v) is 3.71. The first-order valence-corrected chi connectivity index (χ1v) is 7.94. The molecule has 4 unspecified atom stereocenters. The lowest BCUT2D eigenvalue weighted by molar-refractivity contribution is 0.232. The predicted octanol–water partition coefficient (Wildman–Crippen LogP) is 3.87. The topological polar surface area (TPSA) is 35.8 Å². The minimum absolute atomic E-state index is 0.256. The van der Waals surface area contributed by atoms with Gasteiger partial charge in [0.15, 0.2) is 0 Å². The molecule has 0 spiro atoms. The van der Waals surface area contributed by atoms with Crippen molar-refractivity contribution < 1.29 is 0 Å². The summed E-state index contributed by atoms with van der Waals surface area (Å²) in [5.74, 6) is 1.98. The monoisotopic (exact) mass is 248 g/mol. The van der Waals surface area contributed by atoms with Crippen molar-refractivity contribution in [2.45, 2.75) is 70.8 Å². The van der Waals surface area contributed by atoms with Crippen LogP contribution < -0.4 is 5.32 Å². The van der Waals surface area contributed by atoms with Gasteiger partial charge in [-0.15, -0.1) is 0 Å². The number of nitrogens with one attached hydrogen (secondary N) is 1. The van der Waals surface area contributed by atoms with E-state index < -0.39 is 0 Å². The van der Waals surface area contributed by atoms with Crippen molar-refractivity contribution in [3.63, 3.8) is 0 Å². The molecule has 0 bridgehead atoms. The number of nitrogens with zero attached hydrogens (tertiary/aromatic N) is 1. The Morgan fingerprint density at radius 1 is 1.00 bits per heavy atom. The molecule has 0 saturated heterocycles. The van der Waals surface area contributed by atoms with Gasteiger partial charge in [0.25, 0.3) is 0 Å². The van der Waals surface area contributed by atoms with Crippen LogP contribution in [0.4, 0.5) is 0 Å². The van der Waals surface area contributed by atoms with E-state index in [9.17, 15) is 5.26 Å². The average Bonchev–Trinajstić information content (AvgIpc) is 2.62. The molecular weight excluding hydrogens is 220 g/mol. The van der Waals surface area contributed by atoms with Gasteiger partial charge in [0.2, 0.25) is 0 Å². The Morgan fingerprint density at radius 3 is 2.50 bits per heavy atom. The Morgan fingerprint density at radius 2 is 1.72 bits per heavy atom. The molecule has 0 aromatic carbocycles. The third kappa shape index (κ3) is 3.72. The molecule has 0 amide bonds. The highest BCUT2D eigenvalue weighted by molar-refractivity contribution is 4.94. The molecule has 2 nitrogen and oxygen atoms in total. The summed E-state index contributed by atoms with van der Waals surface area (Å²) >= 11 is 0. The Kier molecular flexibility index (Phi) is 5.50. The Bertz CT molecular complexity index is 281. The molecular formula is C16H28N2. The summed E-state index contributed by atoms with van der Waals surface area (Å²) in [5.41, 5.74) is 0. The van der Waals surface area contributed by atoms with Crippen molar-refractivity contribution in [3.8, 4) is 6.07 Å². The number of rotatable bonds is 3. The summed E-state index contributed by atoms with van der Waals surface area (Å²) in [5, 5.41) is 13.0. The first-order chi connectivity index (χ1) is 8.81. The van der Waals surface area contributed by atoms with Crippen LogP contribution >= 0.6 is 0 Å². The molecule has 2 saturated carbocycles. The van der Waals surface area contributed by atoms with E-state index in [-0.39, 0.29) is 5.92 Å². The van der Waals surface area contributed by atoms with E-state index in [1.807, 2.05) is 0 Å². The van der Waals surface area contributed by atoms with Crippen LogP contribution in [0.25, 0.3) is 0 Å². The molecule has 0 aromatic rings. The number of hydrogen-bond acceptors (Lipinski definition) is 2. The summed E-state index contributed by atoms with van der Waals surface area (Å²) in [6, 6.07) is 2.99. The third-order valence-corrected chi connectivity index (χ3v) is 5.11. The van der Waals surface area contributed by atoms with Gasteiger partial charge in [-0.3, -0.25) is 0 Å². The van der Waals surface area contributed by atoms with Crippen LogP contribution in [0.2, 0.25) is 0 Å². The second-order valence-corrected chi connectivity index (χ2v) is 6.41. The lowest BCUT2D eigenvalue weighted by Crippen LogP contribution is -2.40. The molecule has 1 N–H and O–H groups in total. The smallest absolute Gasteiger partial charge is 0.0672 e. The highest BCUT2D eigenvalue weighted by Gasteiger charge is 2.26. The average molecular weight is 248 g/mol. The van der Waals surface area contributed by atoms with Crippen LogP contribution in [0.1, 0.15) is 64.7 Å². The van der Waals surface area contributed by atoms with E-state index in [2.05, 4.69) is 18.3 Å². The van der Waals surface area contributed by atoms with Crippen molar-refractivity contribution >= 4 is 0 Å². The molecule has 0 heterocycles. The molecule has 0 radical (unpaired) electrons. The molecule has 0 aromatic heterocycles. The van der Waals surface area contributed by atoms with E-state index in [0.29, 0.717) is 6.04 Å². The molecule has 18 heavy (non-hydrogen) atoms.